The van der Waals surface area contributed by atoms with Gasteiger partial charge in [0, 0.05) is 24.6 Å². The van der Waals surface area contributed by atoms with Crippen LogP contribution in [-0.2, 0) is 4.79 Å². The molecule has 0 aromatic heterocycles. The monoisotopic (exact) mass is 293 g/mol. The summed E-state index contributed by atoms with van der Waals surface area (Å²) >= 11 is 1.65. The van der Waals surface area contributed by atoms with Gasteiger partial charge < -0.3 is 10.0 Å². The summed E-state index contributed by atoms with van der Waals surface area (Å²) in [6.07, 6.45) is 2.87. The summed E-state index contributed by atoms with van der Waals surface area (Å²) < 4.78 is 0. The van der Waals surface area contributed by atoms with Crippen molar-refractivity contribution in [2.75, 3.05) is 19.7 Å². The summed E-state index contributed by atoms with van der Waals surface area (Å²) in [6.45, 7) is 3.79. The van der Waals surface area contributed by atoms with E-state index in [0.717, 1.165) is 30.7 Å². The zero-order valence-corrected chi connectivity index (χ0v) is 12.8. The maximum absolute atomic E-state index is 12.6. The van der Waals surface area contributed by atoms with Crippen LogP contribution in [0.4, 0.5) is 0 Å². The van der Waals surface area contributed by atoms with Crippen LogP contribution < -0.4 is 0 Å². The van der Waals surface area contributed by atoms with Crippen LogP contribution in [0.1, 0.15) is 26.2 Å². The van der Waals surface area contributed by atoms with Crippen molar-refractivity contribution in [2.24, 2.45) is 5.92 Å². The van der Waals surface area contributed by atoms with Gasteiger partial charge in [-0.15, -0.1) is 11.8 Å². The lowest BCUT2D eigenvalue weighted by Gasteiger charge is -2.34. The fourth-order valence-electron chi connectivity index (χ4n) is 2.59. The Morgan fingerprint density at radius 3 is 2.85 bits per heavy atom. The average Bonchev–Trinajstić information content (AvgIpc) is 2.53. The highest BCUT2D eigenvalue weighted by atomic mass is 32.2. The number of aliphatic hydroxyl groups excluding tert-OH is 1. The van der Waals surface area contributed by atoms with E-state index in [1.807, 2.05) is 35.2 Å². The molecule has 110 valence electrons. The molecule has 1 aliphatic rings. The minimum Gasteiger partial charge on any atom is -0.396 e. The predicted molar refractivity (Wildman–Crippen MR) is 82.8 cm³/mol. The first-order valence-corrected chi connectivity index (χ1v) is 8.24. The molecule has 0 spiro atoms. The maximum Gasteiger partial charge on any atom is 0.236 e. The number of piperidine rings is 1. The lowest BCUT2D eigenvalue weighted by molar-refractivity contribution is -0.132. The number of hydrogen-bond acceptors (Lipinski definition) is 3. The molecule has 2 atom stereocenters. The zero-order chi connectivity index (χ0) is 14.4. The van der Waals surface area contributed by atoms with E-state index in [0.29, 0.717) is 6.54 Å². The highest BCUT2D eigenvalue weighted by molar-refractivity contribution is 8.00. The Kier molecular flexibility index (Phi) is 5.92. The van der Waals surface area contributed by atoms with Crippen molar-refractivity contribution in [3.63, 3.8) is 0 Å². The van der Waals surface area contributed by atoms with Gasteiger partial charge in [-0.3, -0.25) is 4.79 Å². The standard InChI is InChI=1S/C16H23NO2S/c1-2-15(20-14-8-4-3-5-9-14)16(19)17-10-6-7-13(11-17)12-18/h3-5,8-9,13,15,18H,2,6-7,10-12H2,1H3. The van der Waals surface area contributed by atoms with Gasteiger partial charge in [0.05, 0.1) is 5.25 Å². The van der Waals surface area contributed by atoms with Gasteiger partial charge in [0.15, 0.2) is 0 Å². The Labute approximate surface area is 125 Å². The van der Waals surface area contributed by atoms with E-state index in [4.69, 9.17) is 0 Å². The summed E-state index contributed by atoms with van der Waals surface area (Å²) in [5, 5.41) is 9.26. The van der Waals surface area contributed by atoms with Gasteiger partial charge in [-0.05, 0) is 37.3 Å². The number of likely N-dealkylation sites (tertiary alicyclic amines) is 1. The van der Waals surface area contributed by atoms with Crippen molar-refractivity contribution < 1.29 is 9.90 Å². The van der Waals surface area contributed by atoms with Crippen LogP contribution >= 0.6 is 11.8 Å². The molecule has 3 nitrogen and oxygen atoms in total. The molecule has 0 bridgehead atoms. The number of amides is 1. The third kappa shape index (κ3) is 4.00. The molecule has 2 rings (SSSR count). The van der Waals surface area contributed by atoms with Gasteiger partial charge in [0.1, 0.15) is 0 Å². The molecule has 1 aromatic carbocycles. The van der Waals surface area contributed by atoms with Crippen LogP contribution in [0.2, 0.25) is 0 Å². The molecule has 0 radical (unpaired) electrons. The minimum absolute atomic E-state index is 0.0187. The van der Waals surface area contributed by atoms with E-state index >= 15 is 0 Å². The van der Waals surface area contributed by atoms with E-state index < -0.39 is 0 Å². The smallest absolute Gasteiger partial charge is 0.236 e. The van der Waals surface area contributed by atoms with Gasteiger partial charge >= 0.3 is 0 Å². The average molecular weight is 293 g/mol. The molecule has 2 unspecified atom stereocenters. The number of carbonyl (C=O) groups excluding carboxylic acids is 1. The molecule has 1 fully saturated rings. The summed E-state index contributed by atoms with van der Waals surface area (Å²) in [4.78, 5) is 15.7. The van der Waals surface area contributed by atoms with Crippen molar-refractivity contribution in [3.8, 4) is 0 Å². The van der Waals surface area contributed by atoms with E-state index in [-0.39, 0.29) is 23.7 Å². The molecule has 0 saturated carbocycles. The molecule has 20 heavy (non-hydrogen) atoms. The van der Waals surface area contributed by atoms with E-state index in [1.165, 1.54) is 0 Å². The molecule has 4 heteroatoms. The lowest BCUT2D eigenvalue weighted by atomic mass is 9.99. The van der Waals surface area contributed by atoms with Crippen LogP contribution in [0.5, 0.6) is 0 Å². The normalized spacial score (nSPS) is 20.7. The number of aliphatic hydroxyl groups is 1. The third-order valence-electron chi connectivity index (χ3n) is 3.76. The second kappa shape index (κ2) is 7.70. The highest BCUT2D eigenvalue weighted by Crippen LogP contribution is 2.28. The first kappa shape index (κ1) is 15.4. The number of carbonyl (C=O) groups is 1. The molecule has 1 heterocycles. The summed E-state index contributed by atoms with van der Waals surface area (Å²) in [5.41, 5.74) is 0. The zero-order valence-electron chi connectivity index (χ0n) is 12.0. The largest absolute Gasteiger partial charge is 0.396 e. The molecule has 1 aliphatic heterocycles. The van der Waals surface area contributed by atoms with Gasteiger partial charge in [-0.1, -0.05) is 25.1 Å². The summed E-state index contributed by atoms with van der Waals surface area (Å²) in [7, 11) is 0. The van der Waals surface area contributed by atoms with Crippen LogP contribution in [0.3, 0.4) is 0 Å². The Morgan fingerprint density at radius 1 is 1.45 bits per heavy atom. The van der Waals surface area contributed by atoms with Crippen LogP contribution in [-0.4, -0.2) is 40.9 Å². The molecule has 1 N–H and O–H groups in total. The molecular weight excluding hydrogens is 270 g/mol. The first-order valence-electron chi connectivity index (χ1n) is 7.36. The maximum atomic E-state index is 12.6. The predicted octanol–water partition coefficient (Wildman–Crippen LogP) is 2.79. The lowest BCUT2D eigenvalue weighted by Crippen LogP contribution is -2.44. The van der Waals surface area contributed by atoms with Gasteiger partial charge in [-0.2, -0.15) is 0 Å². The van der Waals surface area contributed by atoms with Crippen molar-refractivity contribution in [2.45, 2.75) is 36.3 Å². The fraction of sp³-hybridized carbons (Fsp3) is 0.562. The van der Waals surface area contributed by atoms with Gasteiger partial charge in [-0.25, -0.2) is 0 Å². The Balaban J connectivity index is 1.98. The topological polar surface area (TPSA) is 40.5 Å². The van der Waals surface area contributed by atoms with Crippen molar-refractivity contribution in [1.82, 2.24) is 4.90 Å². The summed E-state index contributed by atoms with van der Waals surface area (Å²) in [5.74, 6) is 0.478. The quantitative estimate of drug-likeness (QED) is 0.849. The molecule has 1 amide bonds. The minimum atomic E-state index is -0.0187. The molecule has 0 aliphatic carbocycles. The summed E-state index contributed by atoms with van der Waals surface area (Å²) in [6, 6.07) is 10.1. The van der Waals surface area contributed by atoms with E-state index in [2.05, 4.69) is 6.92 Å². The Hall–Kier alpha value is -1.00. The highest BCUT2D eigenvalue weighted by Gasteiger charge is 2.28. The Morgan fingerprint density at radius 2 is 2.20 bits per heavy atom. The third-order valence-corrected chi connectivity index (χ3v) is 5.12. The second-order valence-corrected chi connectivity index (χ2v) is 6.58. The fourth-order valence-corrected chi connectivity index (χ4v) is 3.65. The number of benzene rings is 1. The number of thioether (sulfide) groups is 1. The molecule has 1 aromatic rings. The van der Waals surface area contributed by atoms with E-state index in [1.54, 1.807) is 11.8 Å². The van der Waals surface area contributed by atoms with Gasteiger partial charge in [0.25, 0.3) is 0 Å². The van der Waals surface area contributed by atoms with E-state index in [9.17, 15) is 9.90 Å². The van der Waals surface area contributed by atoms with Crippen LogP contribution in [0.15, 0.2) is 35.2 Å². The SMILES string of the molecule is CCC(Sc1ccccc1)C(=O)N1CCCC(CO)C1. The van der Waals surface area contributed by atoms with Crippen molar-refractivity contribution in [3.05, 3.63) is 30.3 Å². The number of hydrogen-bond donors (Lipinski definition) is 1. The van der Waals surface area contributed by atoms with Crippen molar-refractivity contribution in [1.29, 1.82) is 0 Å². The molecular formula is C16H23NO2S. The number of rotatable bonds is 5. The van der Waals surface area contributed by atoms with Crippen LogP contribution in [0.25, 0.3) is 0 Å². The number of nitrogens with zero attached hydrogens (tertiary/aromatic N) is 1. The molecule has 1 saturated heterocycles. The van der Waals surface area contributed by atoms with Crippen molar-refractivity contribution >= 4 is 17.7 Å². The van der Waals surface area contributed by atoms with Gasteiger partial charge in [0.2, 0.25) is 5.91 Å². The van der Waals surface area contributed by atoms with Crippen LogP contribution in [0, 0.1) is 5.92 Å². The second-order valence-electron chi connectivity index (χ2n) is 5.30. The Bertz CT molecular complexity index is 424. The first-order chi connectivity index (χ1) is 9.74.